The summed E-state index contributed by atoms with van der Waals surface area (Å²) in [5, 5.41) is 10.8. The Hall–Kier alpha value is -3.11. The van der Waals surface area contributed by atoms with Gasteiger partial charge in [0.15, 0.2) is 11.5 Å². The number of benzene rings is 2. The zero-order valence-electron chi connectivity index (χ0n) is 17.9. The topological polar surface area (TPSA) is 65.8 Å². The fourth-order valence-electron chi connectivity index (χ4n) is 3.94. The Morgan fingerprint density at radius 3 is 2.65 bits per heavy atom. The van der Waals surface area contributed by atoms with E-state index in [0.717, 1.165) is 16.3 Å². The summed E-state index contributed by atoms with van der Waals surface area (Å²) in [7, 11) is 1.59. The molecule has 1 atom stereocenters. The van der Waals surface area contributed by atoms with Crippen molar-refractivity contribution in [3.63, 3.8) is 0 Å². The normalized spacial score (nSPS) is 18.5. The highest BCUT2D eigenvalue weighted by atomic mass is 32.2. The van der Waals surface area contributed by atoms with Crippen molar-refractivity contribution >= 4 is 23.4 Å². The first-order chi connectivity index (χ1) is 15.0. The van der Waals surface area contributed by atoms with E-state index in [1.165, 1.54) is 5.56 Å². The summed E-state index contributed by atoms with van der Waals surface area (Å²) < 4.78 is 11.1. The molecule has 1 fully saturated rings. The van der Waals surface area contributed by atoms with E-state index in [0.29, 0.717) is 36.2 Å². The van der Waals surface area contributed by atoms with E-state index in [2.05, 4.69) is 42.2 Å². The molecule has 31 heavy (non-hydrogen) atoms. The lowest BCUT2D eigenvalue weighted by Gasteiger charge is -2.42. The first kappa shape index (κ1) is 21.1. The molecule has 0 N–H and O–H groups in total. The van der Waals surface area contributed by atoms with Gasteiger partial charge in [0.1, 0.15) is 0 Å². The van der Waals surface area contributed by atoms with Gasteiger partial charge >= 0.3 is 0 Å². The average molecular weight is 436 g/mol. The summed E-state index contributed by atoms with van der Waals surface area (Å²) in [6, 6.07) is 16.3. The number of fused-ring (bicyclic) bond motifs is 1. The number of amides is 1. The van der Waals surface area contributed by atoms with Gasteiger partial charge in [-0.25, -0.2) is 0 Å². The molecule has 1 saturated heterocycles. The number of allylic oxidation sites excluding steroid dienone is 1. The Bertz CT molecular complexity index is 1060. The van der Waals surface area contributed by atoms with E-state index < -0.39 is 0 Å². The van der Waals surface area contributed by atoms with Crippen molar-refractivity contribution in [1.82, 2.24) is 4.90 Å². The summed E-state index contributed by atoms with van der Waals surface area (Å²) in [6.45, 7) is 4.96. The van der Waals surface area contributed by atoms with E-state index >= 15 is 0 Å². The van der Waals surface area contributed by atoms with E-state index in [1.54, 1.807) is 23.8 Å². The van der Waals surface area contributed by atoms with Crippen LogP contribution < -0.4 is 14.4 Å². The third-order valence-corrected chi connectivity index (χ3v) is 6.74. The average Bonchev–Trinajstić information content (AvgIpc) is 2.80. The first-order valence-electron chi connectivity index (χ1n) is 10.3. The third kappa shape index (κ3) is 4.08. The second-order valence-electron chi connectivity index (χ2n) is 7.54. The van der Waals surface area contributed by atoms with Gasteiger partial charge in [-0.2, -0.15) is 5.26 Å². The molecule has 160 valence electrons. The number of aryl methyl sites for hydroxylation is 1. The Labute approximate surface area is 187 Å². The monoisotopic (exact) mass is 435 g/mol. The van der Waals surface area contributed by atoms with Gasteiger partial charge in [0.25, 0.3) is 0 Å². The number of nitrogens with zero attached hydrogens (tertiary/aromatic N) is 3. The number of rotatable bonds is 5. The quantitative estimate of drug-likeness (QED) is 0.683. The predicted molar refractivity (Wildman–Crippen MR) is 122 cm³/mol. The maximum atomic E-state index is 13.1. The van der Waals surface area contributed by atoms with Crippen LogP contribution in [0.25, 0.3) is 0 Å². The van der Waals surface area contributed by atoms with Gasteiger partial charge in [-0.15, -0.1) is 0 Å². The summed E-state index contributed by atoms with van der Waals surface area (Å²) in [6.07, 6.45) is 0.256. The minimum atomic E-state index is -0.285. The van der Waals surface area contributed by atoms with E-state index in [-0.39, 0.29) is 18.2 Å². The number of methoxy groups -OCH3 is 1. The van der Waals surface area contributed by atoms with Crippen molar-refractivity contribution in [2.45, 2.75) is 26.2 Å². The van der Waals surface area contributed by atoms with Gasteiger partial charge in [0.05, 0.1) is 42.9 Å². The molecule has 6 nitrogen and oxygen atoms in total. The highest BCUT2D eigenvalue weighted by molar-refractivity contribution is 8.03. The molecule has 2 heterocycles. The van der Waals surface area contributed by atoms with Gasteiger partial charge in [0.2, 0.25) is 5.91 Å². The molecule has 0 radical (unpaired) electrons. The Balaban J connectivity index is 1.65. The first-order valence-corrected chi connectivity index (χ1v) is 11.2. The molecule has 1 amide bonds. The fraction of sp³-hybridized carbons (Fsp3) is 0.333. The molecule has 2 aliphatic rings. The van der Waals surface area contributed by atoms with E-state index in [9.17, 15) is 10.1 Å². The molecule has 0 aromatic heterocycles. The summed E-state index contributed by atoms with van der Waals surface area (Å²) in [5.74, 6) is 1.69. The number of thioether (sulfide) groups is 1. The van der Waals surface area contributed by atoms with Crippen LogP contribution in [0.2, 0.25) is 0 Å². The van der Waals surface area contributed by atoms with Crippen molar-refractivity contribution in [1.29, 1.82) is 5.26 Å². The van der Waals surface area contributed by atoms with Crippen LogP contribution in [0, 0.1) is 18.3 Å². The molecule has 2 aliphatic heterocycles. The molecule has 2 aromatic carbocycles. The molecule has 4 rings (SSSR count). The van der Waals surface area contributed by atoms with Gasteiger partial charge in [-0.1, -0.05) is 35.5 Å². The van der Waals surface area contributed by atoms with Crippen LogP contribution >= 0.6 is 11.8 Å². The maximum Gasteiger partial charge on any atom is 0.229 e. The molecule has 2 aromatic rings. The molecule has 0 aliphatic carbocycles. The highest BCUT2D eigenvalue weighted by Crippen LogP contribution is 2.44. The van der Waals surface area contributed by atoms with Crippen molar-refractivity contribution in [3.05, 3.63) is 64.2 Å². The van der Waals surface area contributed by atoms with Gasteiger partial charge in [-0.3, -0.25) is 9.69 Å². The van der Waals surface area contributed by atoms with Crippen molar-refractivity contribution in [2.24, 2.45) is 0 Å². The SMILES string of the molecule is CCOc1ccc([C@H]2CC(=O)N3CN(c4ccc(C)cc4)CSC3=C2C#N)cc1OC. The lowest BCUT2D eigenvalue weighted by molar-refractivity contribution is -0.129. The van der Waals surface area contributed by atoms with Gasteiger partial charge < -0.3 is 14.4 Å². The van der Waals surface area contributed by atoms with Crippen LogP contribution in [0.5, 0.6) is 11.5 Å². The largest absolute Gasteiger partial charge is 0.493 e. The summed E-state index contributed by atoms with van der Waals surface area (Å²) in [5.41, 5.74) is 3.79. The van der Waals surface area contributed by atoms with Crippen LogP contribution in [-0.2, 0) is 4.79 Å². The van der Waals surface area contributed by atoms with Crippen LogP contribution in [-0.4, -0.2) is 37.1 Å². The van der Waals surface area contributed by atoms with Gasteiger partial charge in [0, 0.05) is 18.0 Å². The van der Waals surface area contributed by atoms with Crippen molar-refractivity contribution in [3.8, 4) is 17.6 Å². The Morgan fingerprint density at radius 1 is 1.19 bits per heavy atom. The number of hydrogen-bond donors (Lipinski definition) is 0. The number of carbonyl (C=O) groups excluding carboxylic acids is 1. The second-order valence-corrected chi connectivity index (χ2v) is 8.48. The lowest BCUT2D eigenvalue weighted by Crippen LogP contribution is -2.47. The Kier molecular flexibility index (Phi) is 6.10. The number of carbonyl (C=O) groups is 1. The zero-order valence-corrected chi connectivity index (χ0v) is 18.7. The lowest BCUT2D eigenvalue weighted by atomic mass is 9.86. The zero-order chi connectivity index (χ0) is 22.0. The maximum absolute atomic E-state index is 13.1. The predicted octanol–water partition coefficient (Wildman–Crippen LogP) is 4.62. The minimum Gasteiger partial charge on any atom is -0.493 e. The van der Waals surface area contributed by atoms with Gasteiger partial charge in [-0.05, 0) is 43.7 Å². The standard InChI is InChI=1S/C24H25N3O3S/c1-4-30-21-10-7-17(11-22(21)29-3)19-12-23(28)27-14-26(15-31-24(27)20(19)13-25)18-8-5-16(2)6-9-18/h5-11,19H,4,12,14-15H2,1-3H3/t19-/m1/s1. The smallest absolute Gasteiger partial charge is 0.229 e. The van der Waals surface area contributed by atoms with Crippen LogP contribution in [0.4, 0.5) is 5.69 Å². The summed E-state index contributed by atoms with van der Waals surface area (Å²) >= 11 is 1.54. The summed E-state index contributed by atoms with van der Waals surface area (Å²) in [4.78, 5) is 17.0. The number of hydrogen-bond acceptors (Lipinski definition) is 6. The molecule has 0 unspecified atom stereocenters. The highest BCUT2D eigenvalue weighted by Gasteiger charge is 2.38. The number of ether oxygens (including phenoxy) is 2. The second kappa shape index (κ2) is 8.94. The van der Waals surface area contributed by atoms with Crippen LogP contribution in [0.3, 0.4) is 0 Å². The molecule has 0 spiro atoms. The molecular formula is C24H25N3O3S. The Morgan fingerprint density at radius 2 is 1.97 bits per heavy atom. The third-order valence-electron chi connectivity index (χ3n) is 5.58. The van der Waals surface area contributed by atoms with Crippen molar-refractivity contribution < 1.29 is 14.3 Å². The molecule has 0 saturated carbocycles. The molecule has 0 bridgehead atoms. The van der Waals surface area contributed by atoms with E-state index in [4.69, 9.17) is 9.47 Å². The van der Waals surface area contributed by atoms with Crippen LogP contribution in [0.15, 0.2) is 53.1 Å². The molecular weight excluding hydrogens is 410 g/mol. The van der Waals surface area contributed by atoms with E-state index in [1.807, 2.05) is 25.1 Å². The molecule has 7 heteroatoms. The number of anilines is 1. The number of nitriles is 1. The minimum absolute atomic E-state index is 0.0242. The van der Waals surface area contributed by atoms with Crippen molar-refractivity contribution in [2.75, 3.05) is 31.2 Å². The fourth-order valence-corrected chi connectivity index (χ4v) is 5.11. The van der Waals surface area contributed by atoms with Crippen LogP contribution in [0.1, 0.15) is 30.4 Å².